The summed E-state index contributed by atoms with van der Waals surface area (Å²) in [7, 11) is -3.90. The van der Waals surface area contributed by atoms with Crippen LogP contribution < -0.4 is 10.0 Å². The first kappa shape index (κ1) is 17.7. The molecule has 0 aliphatic rings. The summed E-state index contributed by atoms with van der Waals surface area (Å²) in [5, 5.41) is 6.03. The Kier molecular flexibility index (Phi) is 4.99. The highest BCUT2D eigenvalue weighted by molar-refractivity contribution is 7.90. The highest BCUT2D eigenvalue weighted by atomic mass is 35.5. The van der Waals surface area contributed by atoms with Gasteiger partial charge in [-0.25, -0.2) is 17.9 Å². The lowest BCUT2D eigenvalue weighted by Gasteiger charge is -2.09. The minimum absolute atomic E-state index is 0.0426. The van der Waals surface area contributed by atoms with E-state index in [1.807, 2.05) is 29.2 Å². The zero-order valence-electron chi connectivity index (χ0n) is 13.2. The van der Waals surface area contributed by atoms with Gasteiger partial charge in [0.05, 0.1) is 4.90 Å². The maximum absolute atomic E-state index is 12.2. The zero-order chi connectivity index (χ0) is 18.0. The lowest BCUT2D eigenvalue weighted by atomic mass is 10.2. The molecule has 3 aromatic rings. The number of amides is 2. The van der Waals surface area contributed by atoms with Crippen molar-refractivity contribution in [3.05, 3.63) is 64.0 Å². The second kappa shape index (κ2) is 7.03. The molecular weight excluding hydrogens is 380 g/mol. The van der Waals surface area contributed by atoms with Crippen LogP contribution in [0.5, 0.6) is 0 Å². The maximum atomic E-state index is 12.2. The molecule has 130 valence electrons. The van der Waals surface area contributed by atoms with Crippen LogP contribution >= 0.6 is 22.9 Å². The zero-order valence-corrected chi connectivity index (χ0v) is 15.6. The number of aryl methyl sites for hydroxylation is 1. The van der Waals surface area contributed by atoms with Gasteiger partial charge in [-0.3, -0.25) is 0 Å². The molecule has 5 nitrogen and oxygen atoms in total. The fourth-order valence-corrected chi connectivity index (χ4v) is 4.34. The molecule has 1 aromatic heterocycles. The van der Waals surface area contributed by atoms with Gasteiger partial charge in [0.25, 0.3) is 10.0 Å². The number of hydrogen-bond acceptors (Lipinski definition) is 4. The van der Waals surface area contributed by atoms with Gasteiger partial charge >= 0.3 is 6.03 Å². The first-order chi connectivity index (χ1) is 11.8. The molecule has 0 saturated heterocycles. The van der Waals surface area contributed by atoms with Gasteiger partial charge < -0.3 is 5.32 Å². The average Bonchev–Trinajstić information content (AvgIpc) is 2.95. The van der Waals surface area contributed by atoms with E-state index < -0.39 is 16.1 Å². The maximum Gasteiger partial charge on any atom is 0.328 e. The quantitative estimate of drug-likeness (QED) is 0.700. The number of nitrogens with one attached hydrogen (secondary N) is 2. The molecule has 3 rings (SSSR count). The Morgan fingerprint density at radius 3 is 2.60 bits per heavy atom. The van der Waals surface area contributed by atoms with E-state index in [2.05, 4.69) is 5.32 Å². The van der Waals surface area contributed by atoms with Crippen molar-refractivity contribution in [2.24, 2.45) is 0 Å². The molecule has 0 atom stereocenters. The number of thiophene rings is 1. The molecule has 2 aromatic carbocycles. The minimum Gasteiger partial charge on any atom is -0.333 e. The SMILES string of the molecule is Cc1ccc(S(=O)(=O)NC(=O)NCc2csc3ccc(Cl)cc23)cc1. The molecule has 0 bridgehead atoms. The second-order valence-electron chi connectivity index (χ2n) is 5.50. The monoisotopic (exact) mass is 394 g/mol. The van der Waals surface area contributed by atoms with Crippen LogP contribution in [0.4, 0.5) is 4.79 Å². The standard InChI is InChI=1S/C17H15ClN2O3S2/c1-11-2-5-14(6-3-11)25(22,23)20-17(21)19-9-12-10-24-16-7-4-13(18)8-15(12)16/h2-8,10H,9H2,1H3,(H2,19,20,21). The third-order valence-electron chi connectivity index (χ3n) is 3.61. The van der Waals surface area contributed by atoms with Crippen LogP contribution in [0.15, 0.2) is 52.7 Å². The lowest BCUT2D eigenvalue weighted by Crippen LogP contribution is -2.38. The summed E-state index contributed by atoms with van der Waals surface area (Å²) in [6, 6.07) is 11.0. The molecule has 0 unspecified atom stereocenters. The van der Waals surface area contributed by atoms with E-state index >= 15 is 0 Å². The molecule has 0 aliphatic carbocycles. The molecule has 0 fully saturated rings. The molecule has 0 radical (unpaired) electrons. The molecule has 0 saturated carbocycles. The van der Waals surface area contributed by atoms with Gasteiger partial charge in [-0.15, -0.1) is 11.3 Å². The van der Waals surface area contributed by atoms with Crippen molar-refractivity contribution in [3.63, 3.8) is 0 Å². The van der Waals surface area contributed by atoms with Gasteiger partial charge in [0.15, 0.2) is 0 Å². The molecule has 25 heavy (non-hydrogen) atoms. The van der Waals surface area contributed by atoms with Gasteiger partial charge in [-0.1, -0.05) is 29.3 Å². The smallest absolute Gasteiger partial charge is 0.328 e. The summed E-state index contributed by atoms with van der Waals surface area (Å²) in [6.07, 6.45) is 0. The fraction of sp³-hybridized carbons (Fsp3) is 0.118. The second-order valence-corrected chi connectivity index (χ2v) is 8.53. The Balaban J connectivity index is 1.68. The topological polar surface area (TPSA) is 75.3 Å². The van der Waals surface area contributed by atoms with Crippen molar-refractivity contribution in [3.8, 4) is 0 Å². The Morgan fingerprint density at radius 2 is 1.88 bits per heavy atom. The number of rotatable bonds is 4. The fourth-order valence-electron chi connectivity index (χ4n) is 2.30. The van der Waals surface area contributed by atoms with Gasteiger partial charge in [0.1, 0.15) is 0 Å². The number of sulfonamides is 1. The molecular formula is C17H15ClN2O3S2. The Bertz CT molecular complexity index is 1030. The van der Waals surface area contributed by atoms with Gasteiger partial charge in [-0.05, 0) is 53.6 Å². The largest absolute Gasteiger partial charge is 0.333 e. The normalized spacial score (nSPS) is 11.4. The van der Waals surface area contributed by atoms with Crippen LogP contribution in [0.2, 0.25) is 5.02 Å². The van der Waals surface area contributed by atoms with Crippen molar-refractivity contribution < 1.29 is 13.2 Å². The molecule has 0 spiro atoms. The van der Waals surface area contributed by atoms with E-state index in [0.717, 1.165) is 21.2 Å². The molecule has 2 N–H and O–H groups in total. The molecule has 2 amide bonds. The number of benzene rings is 2. The van der Waals surface area contributed by atoms with E-state index in [9.17, 15) is 13.2 Å². The van der Waals surface area contributed by atoms with Gasteiger partial charge in [0.2, 0.25) is 0 Å². The van der Waals surface area contributed by atoms with Crippen molar-refractivity contribution in [1.82, 2.24) is 10.0 Å². The minimum atomic E-state index is -3.90. The highest BCUT2D eigenvalue weighted by Gasteiger charge is 2.17. The predicted molar refractivity (Wildman–Crippen MR) is 101 cm³/mol. The number of hydrogen-bond donors (Lipinski definition) is 2. The number of halogens is 1. The summed E-state index contributed by atoms with van der Waals surface area (Å²) in [6.45, 7) is 2.06. The predicted octanol–water partition coefficient (Wildman–Crippen LogP) is 4.05. The third-order valence-corrected chi connectivity index (χ3v) is 6.21. The van der Waals surface area contributed by atoms with E-state index in [-0.39, 0.29) is 11.4 Å². The number of fused-ring (bicyclic) bond motifs is 1. The number of urea groups is 1. The number of carbonyl (C=O) groups excluding carboxylic acids is 1. The Hall–Kier alpha value is -2.09. The lowest BCUT2D eigenvalue weighted by molar-refractivity contribution is 0.245. The summed E-state index contributed by atoms with van der Waals surface area (Å²) >= 11 is 7.54. The van der Waals surface area contributed by atoms with Crippen LogP contribution in [0.3, 0.4) is 0 Å². The van der Waals surface area contributed by atoms with E-state index in [1.165, 1.54) is 23.5 Å². The third kappa shape index (κ3) is 4.12. The van der Waals surface area contributed by atoms with Crippen LogP contribution in [-0.4, -0.2) is 14.4 Å². The highest BCUT2D eigenvalue weighted by Crippen LogP contribution is 2.28. The van der Waals surface area contributed by atoms with Crippen molar-refractivity contribution in [2.45, 2.75) is 18.4 Å². The van der Waals surface area contributed by atoms with Gasteiger partial charge in [0, 0.05) is 16.3 Å². The first-order valence-corrected chi connectivity index (χ1v) is 10.1. The van der Waals surface area contributed by atoms with Crippen molar-refractivity contribution in [2.75, 3.05) is 0 Å². The summed E-state index contributed by atoms with van der Waals surface area (Å²) in [5.41, 5.74) is 1.82. The average molecular weight is 395 g/mol. The Labute approximate surface area is 154 Å². The van der Waals surface area contributed by atoms with E-state index in [4.69, 9.17) is 11.6 Å². The summed E-state index contributed by atoms with van der Waals surface area (Å²) in [4.78, 5) is 12.0. The summed E-state index contributed by atoms with van der Waals surface area (Å²) in [5.74, 6) is 0. The van der Waals surface area contributed by atoms with Crippen molar-refractivity contribution >= 4 is 49.1 Å². The van der Waals surface area contributed by atoms with Crippen molar-refractivity contribution in [1.29, 1.82) is 0 Å². The molecule has 0 aliphatic heterocycles. The summed E-state index contributed by atoms with van der Waals surface area (Å²) < 4.78 is 27.4. The van der Waals surface area contributed by atoms with Gasteiger partial charge in [-0.2, -0.15) is 0 Å². The van der Waals surface area contributed by atoms with E-state index in [0.29, 0.717) is 5.02 Å². The molecule has 8 heteroatoms. The molecule has 1 heterocycles. The van der Waals surface area contributed by atoms with Crippen LogP contribution in [0.1, 0.15) is 11.1 Å². The van der Waals surface area contributed by atoms with Crippen LogP contribution in [-0.2, 0) is 16.6 Å². The van der Waals surface area contributed by atoms with Crippen LogP contribution in [0, 0.1) is 6.92 Å². The Morgan fingerprint density at radius 1 is 1.16 bits per heavy atom. The van der Waals surface area contributed by atoms with E-state index in [1.54, 1.807) is 18.2 Å². The number of carbonyl (C=O) groups is 1. The first-order valence-electron chi connectivity index (χ1n) is 7.38. The van der Waals surface area contributed by atoms with Crippen LogP contribution in [0.25, 0.3) is 10.1 Å².